The predicted octanol–water partition coefficient (Wildman–Crippen LogP) is 4.33. The van der Waals surface area contributed by atoms with Crippen molar-refractivity contribution in [2.75, 3.05) is 18.3 Å². The number of hydrogen-bond acceptors (Lipinski definition) is 11. The molecule has 0 aliphatic carbocycles. The highest BCUT2D eigenvalue weighted by molar-refractivity contribution is 7.98. The van der Waals surface area contributed by atoms with Gasteiger partial charge in [0.25, 0.3) is 0 Å². The van der Waals surface area contributed by atoms with Crippen LogP contribution < -0.4 is 19.1 Å². The quantitative estimate of drug-likeness (QED) is 0.143. The Labute approximate surface area is 216 Å². The second kappa shape index (κ2) is 10.8. The summed E-state index contributed by atoms with van der Waals surface area (Å²) in [5, 5.41) is 20.8. The molecule has 37 heavy (non-hydrogen) atoms. The monoisotopic (exact) mass is 525 g/mol. The minimum absolute atomic E-state index is 0.00459. The second-order valence-corrected chi connectivity index (χ2v) is 8.49. The molecule has 1 aliphatic rings. The van der Waals surface area contributed by atoms with E-state index in [9.17, 15) is 19.7 Å². The highest BCUT2D eigenvalue weighted by atomic mass is 32.2. The molecule has 1 aliphatic heterocycles. The lowest BCUT2D eigenvalue weighted by molar-refractivity contribution is -0.385. The normalized spacial score (nSPS) is 14.1. The number of anilines is 1. The van der Waals surface area contributed by atoms with Gasteiger partial charge >= 0.3 is 11.7 Å². The maximum atomic E-state index is 13.3. The number of carbonyl (C=O) groups excluding carboxylic acids is 2. The van der Waals surface area contributed by atoms with E-state index in [4.69, 9.17) is 14.2 Å². The van der Waals surface area contributed by atoms with Crippen molar-refractivity contribution in [3.63, 3.8) is 0 Å². The third-order valence-electron chi connectivity index (χ3n) is 5.53. The van der Waals surface area contributed by atoms with Crippen molar-refractivity contribution in [2.24, 2.45) is 0 Å². The van der Waals surface area contributed by atoms with Crippen LogP contribution in [0.3, 0.4) is 0 Å². The number of esters is 1. The van der Waals surface area contributed by atoms with Gasteiger partial charge in [0.1, 0.15) is 0 Å². The lowest BCUT2D eigenvalue weighted by Gasteiger charge is -2.30. The molecule has 0 spiro atoms. The Kier molecular flexibility index (Phi) is 7.53. The number of para-hydroxylation sites is 1. The summed E-state index contributed by atoms with van der Waals surface area (Å²) < 4.78 is 16.9. The van der Waals surface area contributed by atoms with E-state index in [-0.39, 0.29) is 41.7 Å². The Morgan fingerprint density at radius 2 is 1.95 bits per heavy atom. The Morgan fingerprint density at radius 3 is 2.59 bits per heavy atom. The molecule has 3 aromatic rings. The van der Waals surface area contributed by atoms with Crippen LogP contribution in [0.25, 0.3) is 11.3 Å². The van der Waals surface area contributed by atoms with Gasteiger partial charge in [-0.25, -0.2) is 0 Å². The Balaban J connectivity index is 1.99. The molecule has 0 fully saturated rings. The number of methoxy groups -OCH3 is 1. The van der Waals surface area contributed by atoms with E-state index in [2.05, 4.69) is 15.2 Å². The summed E-state index contributed by atoms with van der Waals surface area (Å²) in [6.07, 6.45) is 0.712. The van der Waals surface area contributed by atoms with E-state index in [0.717, 1.165) is 0 Å². The van der Waals surface area contributed by atoms with Gasteiger partial charge in [0.2, 0.25) is 28.9 Å². The molecule has 2 aromatic carbocycles. The molecule has 0 unspecified atom stereocenters. The highest BCUT2D eigenvalue weighted by Gasteiger charge is 2.37. The third-order valence-corrected chi connectivity index (χ3v) is 6.07. The van der Waals surface area contributed by atoms with Crippen LogP contribution in [0, 0.1) is 10.1 Å². The molecule has 0 radical (unpaired) electrons. The van der Waals surface area contributed by atoms with Gasteiger partial charge in [-0.05, 0) is 18.4 Å². The smallest absolute Gasteiger partial charge is 0.316 e. The minimum atomic E-state index is -1.19. The van der Waals surface area contributed by atoms with Crippen LogP contribution in [0.1, 0.15) is 38.5 Å². The van der Waals surface area contributed by atoms with E-state index in [1.54, 1.807) is 44.4 Å². The summed E-state index contributed by atoms with van der Waals surface area (Å²) in [6.45, 7) is 3.26. The van der Waals surface area contributed by atoms with Crippen LogP contribution >= 0.6 is 11.8 Å². The fourth-order valence-corrected chi connectivity index (χ4v) is 4.08. The van der Waals surface area contributed by atoms with Gasteiger partial charge in [0.15, 0.2) is 11.4 Å². The zero-order valence-electron chi connectivity index (χ0n) is 20.5. The van der Waals surface area contributed by atoms with Crippen molar-refractivity contribution in [3.8, 4) is 28.6 Å². The summed E-state index contributed by atoms with van der Waals surface area (Å²) in [6, 6.07) is 9.66. The van der Waals surface area contributed by atoms with Crippen molar-refractivity contribution < 1.29 is 28.7 Å². The third kappa shape index (κ3) is 4.89. The Hall–Kier alpha value is -4.26. The summed E-state index contributed by atoms with van der Waals surface area (Å²) in [4.78, 5) is 42.5. The van der Waals surface area contributed by atoms with Crippen LogP contribution in [-0.4, -0.2) is 45.3 Å². The van der Waals surface area contributed by atoms with Crippen molar-refractivity contribution >= 4 is 35.0 Å². The minimum Gasteiger partial charge on any atom is -0.493 e. The Bertz CT molecular complexity index is 1380. The molecule has 1 amide bonds. The summed E-state index contributed by atoms with van der Waals surface area (Å²) in [7, 11) is 1.29. The first-order valence-corrected chi connectivity index (χ1v) is 12.5. The van der Waals surface area contributed by atoms with E-state index in [1.807, 2.05) is 0 Å². The van der Waals surface area contributed by atoms with Gasteiger partial charge in [-0.15, -0.1) is 10.2 Å². The zero-order chi connectivity index (χ0) is 26.7. The fourth-order valence-electron chi connectivity index (χ4n) is 3.78. The Morgan fingerprint density at radius 1 is 1.19 bits per heavy atom. The maximum Gasteiger partial charge on any atom is 0.316 e. The molecular formula is C24H23N5O7S. The number of carbonyl (C=O) groups is 2. The first-order chi connectivity index (χ1) is 17.8. The molecule has 0 bridgehead atoms. The number of hydrogen-bond donors (Lipinski definition) is 0. The fraction of sp³-hybridized carbons (Fsp3) is 0.292. The number of thioether (sulfide) groups is 1. The zero-order valence-corrected chi connectivity index (χ0v) is 21.3. The molecule has 4 rings (SSSR count). The number of rotatable bonds is 7. The van der Waals surface area contributed by atoms with Crippen LogP contribution in [-0.2, 0) is 9.59 Å². The van der Waals surface area contributed by atoms with Gasteiger partial charge in [0, 0.05) is 30.0 Å². The summed E-state index contributed by atoms with van der Waals surface area (Å²) >= 11 is 1.26. The summed E-state index contributed by atoms with van der Waals surface area (Å²) in [5.41, 5.74) is 1.03. The SMILES string of the molecule is CCC(=O)Oc1c(OC)cc([C@@H]2Oc3nc(SC)nnc3-c3ccccc3N2C(=O)CC)cc1[N+](=O)[O-]. The number of fused-ring (bicyclic) bond motifs is 3. The molecule has 13 heteroatoms. The number of nitrogens with zero attached hydrogens (tertiary/aromatic N) is 5. The lowest BCUT2D eigenvalue weighted by atomic mass is 10.1. The van der Waals surface area contributed by atoms with Gasteiger partial charge in [-0.1, -0.05) is 43.8 Å². The number of aromatic nitrogens is 3. The van der Waals surface area contributed by atoms with Crippen molar-refractivity contribution in [2.45, 2.75) is 38.1 Å². The maximum absolute atomic E-state index is 13.3. The average Bonchev–Trinajstić information content (AvgIpc) is 3.06. The molecule has 12 nitrogen and oxygen atoms in total. The number of amides is 1. The number of nitro benzene ring substituents is 1. The van der Waals surface area contributed by atoms with Crippen molar-refractivity contribution in [1.82, 2.24) is 15.2 Å². The van der Waals surface area contributed by atoms with Crippen LogP contribution in [0.2, 0.25) is 0 Å². The number of nitro groups is 1. The second-order valence-electron chi connectivity index (χ2n) is 7.71. The van der Waals surface area contributed by atoms with E-state index in [1.165, 1.54) is 35.9 Å². The number of ether oxygens (including phenoxy) is 3. The first-order valence-electron chi connectivity index (χ1n) is 11.3. The van der Waals surface area contributed by atoms with Crippen LogP contribution in [0.15, 0.2) is 41.6 Å². The van der Waals surface area contributed by atoms with Gasteiger partial charge in [0.05, 0.1) is 17.7 Å². The lowest BCUT2D eigenvalue weighted by Crippen LogP contribution is -2.37. The summed E-state index contributed by atoms with van der Waals surface area (Å²) in [5.74, 6) is -1.28. The molecule has 1 aromatic heterocycles. The molecular weight excluding hydrogens is 502 g/mol. The molecule has 192 valence electrons. The first kappa shape index (κ1) is 25.8. The standard InChI is InChI=1S/C24H23N5O7S/c1-5-18(30)28-15-10-8-7-9-14(15)20-22(25-24(37-4)27-26-20)36-23(28)13-11-16(29(32)33)21(17(12-13)34-3)35-19(31)6-2/h7-12,23H,5-6H2,1-4H3/t23-/m0/s1. The largest absolute Gasteiger partial charge is 0.493 e. The van der Waals surface area contributed by atoms with Crippen molar-refractivity contribution in [3.05, 3.63) is 52.1 Å². The highest BCUT2D eigenvalue weighted by Crippen LogP contribution is 2.46. The van der Waals surface area contributed by atoms with Crippen LogP contribution in [0.5, 0.6) is 17.4 Å². The van der Waals surface area contributed by atoms with E-state index < -0.39 is 22.8 Å². The van der Waals surface area contributed by atoms with E-state index >= 15 is 0 Å². The molecule has 0 saturated heterocycles. The van der Waals surface area contributed by atoms with Crippen LogP contribution in [0.4, 0.5) is 11.4 Å². The predicted molar refractivity (Wildman–Crippen MR) is 134 cm³/mol. The molecule has 1 atom stereocenters. The van der Waals surface area contributed by atoms with E-state index in [0.29, 0.717) is 22.1 Å². The van der Waals surface area contributed by atoms with Gasteiger partial charge in [-0.2, -0.15) is 4.98 Å². The average molecular weight is 526 g/mol. The van der Waals surface area contributed by atoms with Crippen molar-refractivity contribution in [1.29, 1.82) is 0 Å². The topological polar surface area (TPSA) is 147 Å². The molecule has 0 N–H and O–H groups in total. The molecule has 0 saturated carbocycles. The van der Waals surface area contributed by atoms with Gasteiger partial charge in [-0.3, -0.25) is 24.6 Å². The van der Waals surface area contributed by atoms with Gasteiger partial charge < -0.3 is 14.2 Å². The number of benzene rings is 2. The molecule has 2 heterocycles.